The van der Waals surface area contributed by atoms with Crippen LogP contribution in [0.25, 0.3) is 0 Å². The summed E-state index contributed by atoms with van der Waals surface area (Å²) >= 11 is 4.00. The van der Waals surface area contributed by atoms with Gasteiger partial charge in [-0.25, -0.2) is 0 Å². The maximum Gasteiger partial charge on any atom is 0.232 e. The Morgan fingerprint density at radius 2 is 2.14 bits per heavy atom. The first kappa shape index (κ1) is 13.7. The topological polar surface area (TPSA) is 41.6 Å². The van der Waals surface area contributed by atoms with E-state index in [1.54, 1.807) is 6.92 Å². The molecule has 84 valence electrons. The molecule has 0 rings (SSSR count). The fraction of sp³-hybridized carbons (Fsp3) is 0.889. The lowest BCUT2D eigenvalue weighted by molar-refractivity contribution is -0.120. The van der Waals surface area contributed by atoms with Gasteiger partial charge in [0.05, 0.1) is 18.5 Å². The molecule has 0 bridgehead atoms. The van der Waals surface area contributed by atoms with E-state index in [0.29, 0.717) is 19.8 Å². The normalized spacial score (nSPS) is 12.9. The summed E-state index contributed by atoms with van der Waals surface area (Å²) in [6, 6.07) is 0. The van der Waals surface area contributed by atoms with Crippen LogP contribution in [-0.2, 0) is 9.53 Å². The van der Waals surface area contributed by atoms with Gasteiger partial charge in [0.2, 0.25) is 5.91 Å². The van der Waals surface area contributed by atoms with Gasteiger partial charge in [-0.3, -0.25) is 4.79 Å². The second-order valence-corrected chi connectivity index (χ2v) is 4.16. The molecule has 1 atom stereocenters. The summed E-state index contributed by atoms with van der Waals surface area (Å²) in [4.78, 5) is 13.1. The minimum absolute atomic E-state index is 0.0513. The number of rotatable bonds is 7. The van der Waals surface area contributed by atoms with Gasteiger partial charge in [-0.1, -0.05) is 0 Å². The van der Waals surface area contributed by atoms with Gasteiger partial charge in [0.15, 0.2) is 0 Å². The molecule has 5 heteroatoms. The van der Waals surface area contributed by atoms with Gasteiger partial charge in [-0.15, -0.1) is 0 Å². The van der Waals surface area contributed by atoms with Gasteiger partial charge in [0.25, 0.3) is 0 Å². The van der Waals surface area contributed by atoms with Crippen LogP contribution in [-0.4, -0.2) is 56.5 Å². The van der Waals surface area contributed by atoms with E-state index in [9.17, 15) is 4.79 Å². The highest BCUT2D eigenvalue weighted by Crippen LogP contribution is 1.90. The molecule has 0 aliphatic heterocycles. The van der Waals surface area contributed by atoms with E-state index in [0.717, 1.165) is 6.54 Å². The van der Waals surface area contributed by atoms with Crippen molar-refractivity contribution < 1.29 is 9.53 Å². The molecule has 0 aromatic heterocycles. The average Bonchev–Trinajstić information content (AvgIpc) is 2.09. The molecule has 0 radical (unpaired) electrons. The molecular weight excluding hydrogens is 200 g/mol. The van der Waals surface area contributed by atoms with Crippen molar-refractivity contribution in [3.63, 3.8) is 0 Å². The Kier molecular flexibility index (Phi) is 7.93. The third kappa shape index (κ3) is 8.34. The standard InChI is InChI=1S/C9H20N2O2S/c1-8(14)9(12)10-4-6-13-7-5-11(2)3/h8,14H,4-7H2,1-3H3,(H,10,12). The highest BCUT2D eigenvalue weighted by atomic mass is 32.1. The smallest absolute Gasteiger partial charge is 0.232 e. The van der Waals surface area contributed by atoms with E-state index in [4.69, 9.17) is 4.74 Å². The molecule has 0 saturated heterocycles. The van der Waals surface area contributed by atoms with Gasteiger partial charge < -0.3 is 15.0 Å². The first-order chi connectivity index (χ1) is 6.54. The van der Waals surface area contributed by atoms with Crippen LogP contribution in [0.2, 0.25) is 0 Å². The van der Waals surface area contributed by atoms with Crippen LogP contribution in [0, 0.1) is 0 Å². The van der Waals surface area contributed by atoms with Crippen molar-refractivity contribution in [2.45, 2.75) is 12.2 Å². The summed E-state index contributed by atoms with van der Waals surface area (Å²) in [5.41, 5.74) is 0. The van der Waals surface area contributed by atoms with Gasteiger partial charge in [0, 0.05) is 13.1 Å². The first-order valence-electron chi connectivity index (χ1n) is 4.72. The summed E-state index contributed by atoms with van der Waals surface area (Å²) in [6.45, 7) is 4.44. The van der Waals surface area contributed by atoms with Crippen molar-refractivity contribution in [3.05, 3.63) is 0 Å². The number of amides is 1. The molecule has 1 N–H and O–H groups in total. The number of nitrogens with zero attached hydrogens (tertiary/aromatic N) is 1. The Hall–Kier alpha value is -0.260. The van der Waals surface area contributed by atoms with E-state index in [2.05, 4.69) is 17.9 Å². The van der Waals surface area contributed by atoms with Crippen molar-refractivity contribution in [2.24, 2.45) is 0 Å². The van der Waals surface area contributed by atoms with E-state index < -0.39 is 0 Å². The van der Waals surface area contributed by atoms with Crippen LogP contribution < -0.4 is 5.32 Å². The van der Waals surface area contributed by atoms with Crippen LogP contribution in [0.1, 0.15) is 6.92 Å². The number of hydrogen-bond donors (Lipinski definition) is 2. The summed E-state index contributed by atoms with van der Waals surface area (Å²) in [7, 11) is 3.99. The van der Waals surface area contributed by atoms with Crippen LogP contribution >= 0.6 is 12.6 Å². The number of carbonyl (C=O) groups excluding carboxylic acids is 1. The third-order valence-electron chi connectivity index (χ3n) is 1.61. The zero-order valence-corrected chi connectivity index (χ0v) is 10.0. The molecule has 14 heavy (non-hydrogen) atoms. The number of thiol groups is 1. The van der Waals surface area contributed by atoms with Crippen molar-refractivity contribution in [1.29, 1.82) is 0 Å². The lowest BCUT2D eigenvalue weighted by Crippen LogP contribution is -2.32. The quantitative estimate of drug-likeness (QED) is 0.469. The minimum atomic E-state index is -0.253. The summed E-state index contributed by atoms with van der Waals surface area (Å²) < 4.78 is 5.29. The molecule has 0 heterocycles. The third-order valence-corrected chi connectivity index (χ3v) is 1.84. The second-order valence-electron chi connectivity index (χ2n) is 3.38. The minimum Gasteiger partial charge on any atom is -0.378 e. The van der Waals surface area contributed by atoms with E-state index in [-0.39, 0.29) is 11.2 Å². The number of carbonyl (C=O) groups is 1. The molecular formula is C9H20N2O2S. The van der Waals surface area contributed by atoms with Gasteiger partial charge in [-0.2, -0.15) is 12.6 Å². The molecule has 0 saturated carbocycles. The molecule has 4 nitrogen and oxygen atoms in total. The molecule has 0 aromatic rings. The fourth-order valence-electron chi connectivity index (χ4n) is 0.743. The highest BCUT2D eigenvalue weighted by Gasteiger charge is 2.05. The van der Waals surface area contributed by atoms with Crippen LogP contribution in [0.5, 0.6) is 0 Å². The van der Waals surface area contributed by atoms with E-state index in [1.165, 1.54) is 0 Å². The van der Waals surface area contributed by atoms with Gasteiger partial charge >= 0.3 is 0 Å². The Morgan fingerprint density at radius 1 is 1.50 bits per heavy atom. The molecule has 0 spiro atoms. The number of ether oxygens (including phenoxy) is 1. The fourth-order valence-corrected chi connectivity index (χ4v) is 0.835. The predicted octanol–water partition coefficient (Wildman–Crippen LogP) is -0.000900. The second kappa shape index (κ2) is 8.08. The maximum absolute atomic E-state index is 11.0. The number of hydrogen-bond acceptors (Lipinski definition) is 4. The number of nitrogens with one attached hydrogen (secondary N) is 1. The summed E-state index contributed by atoms with van der Waals surface area (Å²) in [5, 5.41) is 2.46. The molecule has 1 amide bonds. The van der Waals surface area contributed by atoms with Crippen LogP contribution in [0.3, 0.4) is 0 Å². The van der Waals surface area contributed by atoms with Gasteiger partial charge in [-0.05, 0) is 21.0 Å². The summed E-state index contributed by atoms with van der Waals surface area (Å²) in [6.07, 6.45) is 0. The largest absolute Gasteiger partial charge is 0.378 e. The SMILES string of the molecule is CC(S)C(=O)NCCOCCN(C)C. The zero-order valence-electron chi connectivity index (χ0n) is 9.12. The monoisotopic (exact) mass is 220 g/mol. The first-order valence-corrected chi connectivity index (χ1v) is 5.24. The van der Waals surface area contributed by atoms with Crippen LogP contribution in [0.4, 0.5) is 0 Å². The average molecular weight is 220 g/mol. The maximum atomic E-state index is 11.0. The van der Waals surface area contributed by atoms with Crippen molar-refractivity contribution in [1.82, 2.24) is 10.2 Å². The van der Waals surface area contributed by atoms with E-state index >= 15 is 0 Å². The molecule has 0 aromatic carbocycles. The Morgan fingerprint density at radius 3 is 2.64 bits per heavy atom. The van der Waals surface area contributed by atoms with Crippen molar-refractivity contribution in [3.8, 4) is 0 Å². The Labute approximate surface area is 91.4 Å². The summed E-state index contributed by atoms with van der Waals surface area (Å²) in [5.74, 6) is -0.0513. The molecule has 0 fully saturated rings. The lowest BCUT2D eigenvalue weighted by atomic mass is 10.4. The van der Waals surface area contributed by atoms with Gasteiger partial charge in [0.1, 0.15) is 0 Å². The van der Waals surface area contributed by atoms with Crippen LogP contribution in [0.15, 0.2) is 0 Å². The molecule has 1 unspecified atom stereocenters. The predicted molar refractivity (Wildman–Crippen MR) is 60.8 cm³/mol. The van der Waals surface area contributed by atoms with Crippen molar-refractivity contribution >= 4 is 18.5 Å². The molecule has 0 aliphatic rings. The highest BCUT2D eigenvalue weighted by molar-refractivity contribution is 7.81. The molecule has 0 aliphatic carbocycles. The zero-order chi connectivity index (χ0) is 11.0. The Balaban J connectivity index is 3.18. The van der Waals surface area contributed by atoms with E-state index in [1.807, 2.05) is 19.0 Å². The Bertz CT molecular complexity index is 163. The van der Waals surface area contributed by atoms with Crippen molar-refractivity contribution in [2.75, 3.05) is 40.4 Å². The lowest BCUT2D eigenvalue weighted by Gasteiger charge is -2.10. The number of likely N-dealkylation sites (N-methyl/N-ethyl adjacent to an activating group) is 1.